The van der Waals surface area contributed by atoms with Crippen LogP contribution in [0.3, 0.4) is 0 Å². The summed E-state index contributed by atoms with van der Waals surface area (Å²) in [6.45, 7) is 12.9. The topological polar surface area (TPSA) is 96.9 Å². The lowest BCUT2D eigenvalue weighted by atomic mass is 10.1. The highest BCUT2D eigenvalue weighted by Gasteiger charge is 2.24. The third kappa shape index (κ3) is 11.2. The van der Waals surface area contributed by atoms with Crippen LogP contribution in [0.15, 0.2) is 23.2 Å². The van der Waals surface area contributed by atoms with Crippen molar-refractivity contribution in [3.05, 3.63) is 23.9 Å². The number of rotatable bonds is 7. The molecule has 160 valence electrons. The number of halogens is 1. The molecule has 0 radical (unpaired) electrons. The predicted molar refractivity (Wildman–Crippen MR) is 122 cm³/mol. The predicted octanol–water partition coefficient (Wildman–Crippen LogP) is 3.07. The van der Waals surface area contributed by atoms with Crippen LogP contribution >= 0.6 is 24.0 Å². The van der Waals surface area contributed by atoms with Crippen molar-refractivity contribution in [3.63, 3.8) is 0 Å². The summed E-state index contributed by atoms with van der Waals surface area (Å²) < 4.78 is 10.4. The van der Waals surface area contributed by atoms with E-state index in [-0.39, 0.29) is 24.0 Å². The Labute approximate surface area is 185 Å². The first-order chi connectivity index (χ1) is 12.5. The molecule has 3 N–H and O–H groups in total. The smallest absolute Gasteiger partial charge is 0.408 e. The first-order valence-electron chi connectivity index (χ1n) is 9.08. The lowest BCUT2D eigenvalue weighted by molar-refractivity contribution is 0.0474. The molecule has 0 aliphatic carbocycles. The number of amides is 1. The normalized spacial score (nSPS) is 11.9. The summed E-state index contributed by atoms with van der Waals surface area (Å²) in [6, 6.07) is 5.57. The monoisotopic (exact) mass is 507 g/mol. The molecule has 1 aromatic rings. The summed E-state index contributed by atoms with van der Waals surface area (Å²) in [5.41, 5.74) is -0.252. The molecule has 0 unspecified atom stereocenters. The molecule has 0 aliphatic rings. The van der Waals surface area contributed by atoms with Crippen molar-refractivity contribution in [2.75, 3.05) is 20.2 Å². The highest BCUT2D eigenvalue weighted by molar-refractivity contribution is 14.0. The first-order valence-corrected chi connectivity index (χ1v) is 9.08. The Kier molecular flexibility index (Phi) is 11.2. The van der Waals surface area contributed by atoms with Crippen molar-refractivity contribution in [1.82, 2.24) is 20.9 Å². The number of alkyl carbamates (subject to hydrolysis) is 1. The summed E-state index contributed by atoms with van der Waals surface area (Å²) in [5.74, 6) is 1.20. The molecule has 0 aromatic carbocycles. The molecule has 1 amide bonds. The van der Waals surface area contributed by atoms with Crippen molar-refractivity contribution in [2.24, 2.45) is 4.99 Å². The summed E-state index contributed by atoms with van der Waals surface area (Å²) in [5, 5.41) is 9.28. The maximum absolute atomic E-state index is 12.0. The molecule has 1 rings (SSSR count). The molecule has 28 heavy (non-hydrogen) atoms. The van der Waals surface area contributed by atoms with Gasteiger partial charge in [-0.25, -0.2) is 14.8 Å². The molecule has 9 heteroatoms. The minimum Gasteiger partial charge on any atom is -0.481 e. The van der Waals surface area contributed by atoms with E-state index in [0.717, 1.165) is 12.2 Å². The van der Waals surface area contributed by atoms with Crippen LogP contribution in [0.2, 0.25) is 0 Å². The van der Waals surface area contributed by atoms with Gasteiger partial charge in [0.05, 0.1) is 24.9 Å². The van der Waals surface area contributed by atoms with Crippen LogP contribution in [-0.2, 0) is 11.3 Å². The van der Waals surface area contributed by atoms with Gasteiger partial charge in [-0.3, -0.25) is 0 Å². The zero-order chi connectivity index (χ0) is 20.5. The third-order valence-corrected chi connectivity index (χ3v) is 3.27. The fourth-order valence-electron chi connectivity index (χ4n) is 2.09. The summed E-state index contributed by atoms with van der Waals surface area (Å²) in [7, 11) is 1.58. The average Bonchev–Trinajstić information content (AvgIpc) is 2.55. The average molecular weight is 507 g/mol. The highest BCUT2D eigenvalue weighted by atomic mass is 127. The Morgan fingerprint density at radius 1 is 1.18 bits per heavy atom. The number of pyridine rings is 1. The summed E-state index contributed by atoms with van der Waals surface area (Å²) in [4.78, 5) is 20.9. The van der Waals surface area contributed by atoms with Crippen LogP contribution in [0.5, 0.6) is 5.88 Å². The molecule has 0 atom stereocenters. The number of carbonyl (C=O) groups is 1. The molecule has 0 aliphatic heterocycles. The second-order valence-electron chi connectivity index (χ2n) is 7.73. The van der Waals surface area contributed by atoms with Crippen molar-refractivity contribution >= 4 is 36.0 Å². The van der Waals surface area contributed by atoms with E-state index in [0.29, 0.717) is 24.9 Å². The molecule has 0 saturated heterocycles. The van der Waals surface area contributed by atoms with E-state index in [9.17, 15) is 4.79 Å². The van der Waals surface area contributed by atoms with Gasteiger partial charge in [-0.2, -0.15) is 0 Å². The van der Waals surface area contributed by atoms with Gasteiger partial charge in [0.2, 0.25) is 5.88 Å². The van der Waals surface area contributed by atoms with Gasteiger partial charge in [-0.15, -0.1) is 24.0 Å². The van der Waals surface area contributed by atoms with Crippen LogP contribution in [-0.4, -0.2) is 48.4 Å². The molecule has 0 bridgehead atoms. The third-order valence-electron chi connectivity index (χ3n) is 3.27. The molecule has 0 spiro atoms. The van der Waals surface area contributed by atoms with E-state index in [1.54, 1.807) is 13.2 Å². The molecule has 1 heterocycles. The second kappa shape index (κ2) is 11.9. The van der Waals surface area contributed by atoms with Crippen molar-refractivity contribution < 1.29 is 14.3 Å². The number of hydrogen-bond acceptors (Lipinski definition) is 5. The van der Waals surface area contributed by atoms with Crippen molar-refractivity contribution in [2.45, 2.75) is 59.2 Å². The number of aromatic nitrogens is 1. The zero-order valence-electron chi connectivity index (χ0n) is 17.9. The Morgan fingerprint density at radius 3 is 2.43 bits per heavy atom. The zero-order valence-corrected chi connectivity index (χ0v) is 20.2. The van der Waals surface area contributed by atoms with Gasteiger partial charge in [0.25, 0.3) is 0 Å². The van der Waals surface area contributed by atoms with Crippen LogP contribution < -0.4 is 20.7 Å². The number of ether oxygens (including phenoxy) is 2. The minimum absolute atomic E-state index is 0. The van der Waals surface area contributed by atoms with E-state index < -0.39 is 17.2 Å². The van der Waals surface area contributed by atoms with Crippen molar-refractivity contribution in [1.29, 1.82) is 0 Å². The highest BCUT2D eigenvalue weighted by Crippen LogP contribution is 2.09. The van der Waals surface area contributed by atoms with E-state index >= 15 is 0 Å². The number of aliphatic imine (C=N–C) groups is 1. The number of carbonyl (C=O) groups excluding carboxylic acids is 1. The molecule has 0 saturated carbocycles. The molecular weight excluding hydrogens is 473 g/mol. The van der Waals surface area contributed by atoms with E-state index in [2.05, 4.69) is 25.9 Å². The fraction of sp³-hybridized carbons (Fsp3) is 0.632. The maximum atomic E-state index is 12.0. The summed E-state index contributed by atoms with van der Waals surface area (Å²) in [6.07, 6.45) is -0.447. The number of guanidine groups is 1. The number of methoxy groups -OCH3 is 1. The van der Waals surface area contributed by atoms with E-state index in [1.807, 2.05) is 53.7 Å². The van der Waals surface area contributed by atoms with Crippen LogP contribution in [0.4, 0.5) is 4.79 Å². The minimum atomic E-state index is -0.534. The van der Waals surface area contributed by atoms with Gasteiger partial charge in [-0.1, -0.05) is 6.07 Å². The van der Waals surface area contributed by atoms with Crippen LogP contribution in [0.25, 0.3) is 0 Å². The first kappa shape index (κ1) is 26.2. The van der Waals surface area contributed by atoms with Gasteiger partial charge in [0.15, 0.2) is 5.96 Å². The SMILES string of the molecule is CCNC(=NCc1cccc(OC)n1)NCC(C)(C)NC(=O)OC(C)(C)C.I. The van der Waals surface area contributed by atoms with Gasteiger partial charge < -0.3 is 25.4 Å². The maximum Gasteiger partial charge on any atom is 0.408 e. The van der Waals surface area contributed by atoms with Crippen molar-refractivity contribution in [3.8, 4) is 5.88 Å². The lowest BCUT2D eigenvalue weighted by Gasteiger charge is -2.29. The standard InChI is InChI=1S/C19H33N5O3.HI/c1-8-20-16(21-12-14-10-9-11-15(23-14)26-7)22-13-19(5,6)24-17(25)27-18(2,3)4;/h9-11H,8,12-13H2,1-7H3,(H,24,25)(H2,20,21,22);1H. The van der Waals surface area contributed by atoms with Gasteiger partial charge in [-0.05, 0) is 47.6 Å². The van der Waals surface area contributed by atoms with Gasteiger partial charge >= 0.3 is 6.09 Å². The summed E-state index contributed by atoms with van der Waals surface area (Å²) >= 11 is 0. The molecule has 1 aromatic heterocycles. The lowest BCUT2D eigenvalue weighted by Crippen LogP contribution is -2.54. The van der Waals surface area contributed by atoms with Crippen LogP contribution in [0.1, 0.15) is 47.2 Å². The number of nitrogens with one attached hydrogen (secondary N) is 3. The van der Waals surface area contributed by atoms with E-state index in [4.69, 9.17) is 9.47 Å². The number of nitrogens with zero attached hydrogens (tertiary/aromatic N) is 2. The van der Waals surface area contributed by atoms with Gasteiger partial charge in [0, 0.05) is 19.2 Å². The van der Waals surface area contributed by atoms with Gasteiger partial charge in [0.1, 0.15) is 5.60 Å². The Bertz CT molecular complexity index is 645. The fourth-order valence-corrected chi connectivity index (χ4v) is 2.09. The molecule has 8 nitrogen and oxygen atoms in total. The number of hydrogen-bond donors (Lipinski definition) is 3. The van der Waals surface area contributed by atoms with E-state index in [1.165, 1.54) is 0 Å². The second-order valence-corrected chi connectivity index (χ2v) is 7.73. The Morgan fingerprint density at radius 2 is 1.86 bits per heavy atom. The molecular formula is C19H34IN5O3. The largest absolute Gasteiger partial charge is 0.481 e. The Balaban J connectivity index is 0.00000729. The molecule has 0 fully saturated rings. The quantitative estimate of drug-likeness (QED) is 0.298. The van der Waals surface area contributed by atoms with Crippen LogP contribution in [0, 0.1) is 0 Å². The Hall–Kier alpha value is -1.78.